The fraction of sp³-hybridized carbons (Fsp3) is 0.556. The van der Waals surface area contributed by atoms with Crippen molar-refractivity contribution in [3.05, 3.63) is 22.7 Å². The minimum atomic E-state index is 0.645. The van der Waals surface area contributed by atoms with Gasteiger partial charge in [0.25, 0.3) is 0 Å². The Balaban J connectivity index is 2.43. The van der Waals surface area contributed by atoms with Crippen LogP contribution in [0.2, 0.25) is 5.15 Å². The number of halogens is 1. The average Bonchev–Trinajstić information content (AvgIpc) is 2.07. The Morgan fingerprint density at radius 1 is 1.50 bits per heavy atom. The SMILES string of the molecule is CC1CCc2ncnc(Cl)c2C1. The molecule has 3 heteroatoms. The molecule has 1 aromatic rings. The van der Waals surface area contributed by atoms with Crippen LogP contribution in [0.5, 0.6) is 0 Å². The maximum absolute atomic E-state index is 5.96. The molecule has 1 atom stereocenters. The van der Waals surface area contributed by atoms with Gasteiger partial charge in [0, 0.05) is 11.3 Å². The van der Waals surface area contributed by atoms with Crippen molar-refractivity contribution in [3.63, 3.8) is 0 Å². The Bertz CT molecular complexity index is 299. The van der Waals surface area contributed by atoms with Gasteiger partial charge in [-0.25, -0.2) is 9.97 Å². The van der Waals surface area contributed by atoms with Crippen LogP contribution in [-0.2, 0) is 12.8 Å². The van der Waals surface area contributed by atoms with Crippen molar-refractivity contribution in [2.45, 2.75) is 26.2 Å². The van der Waals surface area contributed by atoms with Gasteiger partial charge in [-0.15, -0.1) is 0 Å². The van der Waals surface area contributed by atoms with Gasteiger partial charge in [-0.05, 0) is 25.2 Å². The monoisotopic (exact) mass is 182 g/mol. The predicted octanol–water partition coefficient (Wildman–Crippen LogP) is 2.25. The zero-order valence-electron chi connectivity index (χ0n) is 7.05. The van der Waals surface area contributed by atoms with E-state index in [1.165, 1.54) is 6.42 Å². The van der Waals surface area contributed by atoms with Crippen molar-refractivity contribution in [1.82, 2.24) is 9.97 Å². The predicted molar refractivity (Wildman–Crippen MR) is 48.2 cm³/mol. The minimum Gasteiger partial charge on any atom is -0.241 e. The number of hydrogen-bond acceptors (Lipinski definition) is 2. The Labute approximate surface area is 77.0 Å². The van der Waals surface area contributed by atoms with E-state index in [-0.39, 0.29) is 0 Å². The maximum atomic E-state index is 5.96. The molecular formula is C9H11ClN2. The molecule has 12 heavy (non-hydrogen) atoms. The van der Waals surface area contributed by atoms with E-state index in [1.807, 2.05) is 0 Å². The summed E-state index contributed by atoms with van der Waals surface area (Å²) in [6.45, 7) is 2.24. The summed E-state index contributed by atoms with van der Waals surface area (Å²) in [6.07, 6.45) is 4.87. The molecular weight excluding hydrogens is 172 g/mol. The van der Waals surface area contributed by atoms with E-state index in [2.05, 4.69) is 16.9 Å². The first-order chi connectivity index (χ1) is 5.77. The lowest BCUT2D eigenvalue weighted by atomic mass is 9.89. The third-order valence-electron chi connectivity index (χ3n) is 2.41. The molecule has 0 aromatic carbocycles. The summed E-state index contributed by atoms with van der Waals surface area (Å²) >= 11 is 5.96. The van der Waals surface area contributed by atoms with Gasteiger partial charge in [0.05, 0.1) is 0 Å². The molecule has 1 aliphatic rings. The minimum absolute atomic E-state index is 0.645. The third-order valence-corrected chi connectivity index (χ3v) is 2.73. The van der Waals surface area contributed by atoms with Crippen LogP contribution in [0.3, 0.4) is 0 Å². The first-order valence-electron chi connectivity index (χ1n) is 4.25. The smallest absolute Gasteiger partial charge is 0.135 e. The van der Waals surface area contributed by atoms with Gasteiger partial charge in [0.15, 0.2) is 0 Å². The summed E-state index contributed by atoms with van der Waals surface area (Å²) in [5.74, 6) is 0.723. The Hall–Kier alpha value is -0.630. The number of fused-ring (bicyclic) bond motifs is 1. The lowest BCUT2D eigenvalue weighted by molar-refractivity contribution is 0.492. The first-order valence-corrected chi connectivity index (χ1v) is 4.63. The molecule has 1 aromatic heterocycles. The highest BCUT2D eigenvalue weighted by molar-refractivity contribution is 6.30. The molecule has 1 heterocycles. The van der Waals surface area contributed by atoms with Crippen molar-refractivity contribution < 1.29 is 0 Å². The molecule has 1 unspecified atom stereocenters. The summed E-state index contributed by atoms with van der Waals surface area (Å²) in [5.41, 5.74) is 2.31. The van der Waals surface area contributed by atoms with E-state index in [0.717, 1.165) is 30.0 Å². The Morgan fingerprint density at radius 2 is 2.33 bits per heavy atom. The molecule has 0 bridgehead atoms. The molecule has 64 valence electrons. The standard InChI is InChI=1S/C9H11ClN2/c1-6-2-3-8-7(4-6)9(10)12-5-11-8/h5-6H,2-4H2,1H3. The van der Waals surface area contributed by atoms with E-state index in [9.17, 15) is 0 Å². The lowest BCUT2D eigenvalue weighted by Gasteiger charge is -2.20. The van der Waals surface area contributed by atoms with Crippen molar-refractivity contribution in [1.29, 1.82) is 0 Å². The van der Waals surface area contributed by atoms with Gasteiger partial charge >= 0.3 is 0 Å². The molecule has 2 nitrogen and oxygen atoms in total. The molecule has 2 rings (SSSR count). The van der Waals surface area contributed by atoms with Gasteiger partial charge in [0.2, 0.25) is 0 Å². The molecule has 0 amide bonds. The number of hydrogen-bond donors (Lipinski definition) is 0. The van der Waals surface area contributed by atoms with Gasteiger partial charge in [-0.3, -0.25) is 0 Å². The topological polar surface area (TPSA) is 25.8 Å². The largest absolute Gasteiger partial charge is 0.241 e. The van der Waals surface area contributed by atoms with E-state index < -0.39 is 0 Å². The summed E-state index contributed by atoms with van der Waals surface area (Å²) in [4.78, 5) is 8.20. The molecule has 0 spiro atoms. The lowest BCUT2D eigenvalue weighted by Crippen LogP contribution is -2.13. The van der Waals surface area contributed by atoms with Crippen LogP contribution in [0.25, 0.3) is 0 Å². The van der Waals surface area contributed by atoms with Crippen molar-refractivity contribution in [3.8, 4) is 0 Å². The molecule has 1 aliphatic carbocycles. The summed E-state index contributed by atoms with van der Waals surface area (Å²) in [5, 5.41) is 0.645. The van der Waals surface area contributed by atoms with Gasteiger partial charge < -0.3 is 0 Å². The van der Waals surface area contributed by atoms with E-state index in [0.29, 0.717) is 5.15 Å². The number of aryl methyl sites for hydroxylation is 1. The molecule has 0 saturated heterocycles. The zero-order valence-corrected chi connectivity index (χ0v) is 7.80. The fourth-order valence-electron chi connectivity index (χ4n) is 1.68. The normalized spacial score (nSPS) is 22.0. The Morgan fingerprint density at radius 3 is 3.17 bits per heavy atom. The number of rotatable bonds is 0. The Kier molecular flexibility index (Phi) is 2.01. The van der Waals surface area contributed by atoms with Gasteiger partial charge in [-0.1, -0.05) is 18.5 Å². The molecule has 0 radical (unpaired) electrons. The van der Waals surface area contributed by atoms with Crippen molar-refractivity contribution >= 4 is 11.6 Å². The average molecular weight is 183 g/mol. The van der Waals surface area contributed by atoms with Gasteiger partial charge in [0.1, 0.15) is 11.5 Å². The highest BCUT2D eigenvalue weighted by atomic mass is 35.5. The zero-order chi connectivity index (χ0) is 8.55. The van der Waals surface area contributed by atoms with Crippen LogP contribution in [0.4, 0.5) is 0 Å². The second kappa shape index (κ2) is 3.02. The van der Waals surface area contributed by atoms with Crippen molar-refractivity contribution in [2.24, 2.45) is 5.92 Å². The van der Waals surface area contributed by atoms with Crippen LogP contribution < -0.4 is 0 Å². The quantitative estimate of drug-likeness (QED) is 0.576. The first kappa shape index (κ1) is 7.99. The molecule has 0 aliphatic heterocycles. The van der Waals surface area contributed by atoms with Crippen LogP contribution >= 0.6 is 11.6 Å². The van der Waals surface area contributed by atoms with Crippen LogP contribution in [0.1, 0.15) is 24.6 Å². The second-order valence-corrected chi connectivity index (χ2v) is 3.80. The van der Waals surface area contributed by atoms with Crippen LogP contribution in [0.15, 0.2) is 6.33 Å². The summed E-state index contributed by atoms with van der Waals surface area (Å²) < 4.78 is 0. The highest BCUT2D eigenvalue weighted by Crippen LogP contribution is 2.27. The summed E-state index contributed by atoms with van der Waals surface area (Å²) in [7, 11) is 0. The maximum Gasteiger partial charge on any atom is 0.135 e. The summed E-state index contributed by atoms with van der Waals surface area (Å²) in [6, 6.07) is 0. The van der Waals surface area contributed by atoms with E-state index in [4.69, 9.17) is 11.6 Å². The third kappa shape index (κ3) is 1.31. The molecule has 0 N–H and O–H groups in total. The second-order valence-electron chi connectivity index (χ2n) is 3.44. The van der Waals surface area contributed by atoms with E-state index >= 15 is 0 Å². The number of nitrogens with zero attached hydrogens (tertiary/aromatic N) is 2. The van der Waals surface area contributed by atoms with Crippen LogP contribution in [-0.4, -0.2) is 9.97 Å². The molecule has 0 fully saturated rings. The highest BCUT2D eigenvalue weighted by Gasteiger charge is 2.18. The van der Waals surface area contributed by atoms with Gasteiger partial charge in [-0.2, -0.15) is 0 Å². The van der Waals surface area contributed by atoms with E-state index in [1.54, 1.807) is 6.33 Å². The number of aromatic nitrogens is 2. The molecule has 0 saturated carbocycles. The fourth-order valence-corrected chi connectivity index (χ4v) is 1.91. The van der Waals surface area contributed by atoms with Crippen LogP contribution in [0, 0.1) is 5.92 Å². The van der Waals surface area contributed by atoms with Crippen molar-refractivity contribution in [2.75, 3.05) is 0 Å².